The molecule has 0 radical (unpaired) electrons. The molecule has 1 aromatic carbocycles. The van der Waals surface area contributed by atoms with E-state index in [1.54, 1.807) is 10.9 Å². The van der Waals surface area contributed by atoms with E-state index in [0.29, 0.717) is 17.7 Å². The Morgan fingerprint density at radius 3 is 2.74 bits per heavy atom. The van der Waals surface area contributed by atoms with E-state index in [1.807, 2.05) is 36.5 Å². The van der Waals surface area contributed by atoms with Crippen LogP contribution in [-0.2, 0) is 0 Å². The first-order chi connectivity index (χ1) is 14.8. The number of benzene rings is 1. The van der Waals surface area contributed by atoms with Crippen LogP contribution in [0.4, 0.5) is 17.5 Å². The average molecular weight is 421 g/mol. The summed E-state index contributed by atoms with van der Waals surface area (Å²) in [6.45, 7) is 4.33. The molecule has 1 aliphatic rings. The van der Waals surface area contributed by atoms with Crippen molar-refractivity contribution in [2.45, 2.75) is 44.7 Å². The number of anilines is 3. The Hall–Kier alpha value is -3.46. The molecular formula is C22H28N8O. The van der Waals surface area contributed by atoms with Gasteiger partial charge in [0, 0.05) is 35.9 Å². The van der Waals surface area contributed by atoms with E-state index in [2.05, 4.69) is 39.5 Å². The van der Waals surface area contributed by atoms with Gasteiger partial charge >= 0.3 is 0 Å². The molecule has 1 fully saturated rings. The lowest BCUT2D eigenvalue weighted by atomic mass is 9.96. The van der Waals surface area contributed by atoms with Gasteiger partial charge in [0.25, 0.3) is 5.91 Å². The molecule has 162 valence electrons. The van der Waals surface area contributed by atoms with Gasteiger partial charge in [-0.15, -0.1) is 0 Å². The van der Waals surface area contributed by atoms with Crippen LogP contribution in [0.2, 0.25) is 0 Å². The molecule has 9 heteroatoms. The molecule has 1 saturated carbocycles. The molecule has 1 amide bonds. The van der Waals surface area contributed by atoms with Gasteiger partial charge in [-0.3, -0.25) is 4.79 Å². The topological polar surface area (TPSA) is 137 Å². The molecule has 0 bridgehead atoms. The van der Waals surface area contributed by atoms with Crippen molar-refractivity contribution < 1.29 is 4.79 Å². The normalized spacial score (nSPS) is 15.5. The highest BCUT2D eigenvalue weighted by molar-refractivity contribution is 5.98. The molecule has 1 aliphatic carbocycles. The summed E-state index contributed by atoms with van der Waals surface area (Å²) in [5, 5.41) is 10.8. The zero-order valence-electron chi connectivity index (χ0n) is 17.7. The third kappa shape index (κ3) is 4.83. The number of hydrogen-bond donors (Lipinski definition) is 4. The molecule has 6 N–H and O–H groups in total. The summed E-state index contributed by atoms with van der Waals surface area (Å²) in [4.78, 5) is 20.8. The first-order valence-electron chi connectivity index (χ1n) is 10.4. The van der Waals surface area contributed by atoms with Crippen LogP contribution in [0.25, 0.3) is 5.69 Å². The first-order valence-corrected chi connectivity index (χ1v) is 10.4. The number of carbonyl (C=O) groups is 1. The highest BCUT2D eigenvalue weighted by Crippen LogP contribution is 2.39. The summed E-state index contributed by atoms with van der Waals surface area (Å²) in [5.74, 6) is 0.630. The smallest absolute Gasteiger partial charge is 0.254 e. The van der Waals surface area contributed by atoms with Gasteiger partial charge in [0.1, 0.15) is 11.4 Å². The Morgan fingerprint density at radius 1 is 1.29 bits per heavy atom. The molecule has 4 rings (SSSR count). The van der Waals surface area contributed by atoms with Crippen molar-refractivity contribution in [1.29, 1.82) is 0 Å². The molecule has 0 unspecified atom stereocenters. The predicted molar refractivity (Wildman–Crippen MR) is 120 cm³/mol. The quantitative estimate of drug-likeness (QED) is 0.418. The van der Waals surface area contributed by atoms with Crippen LogP contribution in [0.1, 0.15) is 43.5 Å². The maximum atomic E-state index is 12.0. The second kappa shape index (κ2) is 8.35. The Morgan fingerprint density at radius 2 is 2.10 bits per heavy atom. The van der Waals surface area contributed by atoms with Crippen molar-refractivity contribution in [3.8, 4) is 5.69 Å². The molecule has 0 saturated heterocycles. The van der Waals surface area contributed by atoms with Crippen molar-refractivity contribution in [1.82, 2.24) is 19.7 Å². The van der Waals surface area contributed by atoms with E-state index in [1.165, 1.54) is 6.20 Å². The van der Waals surface area contributed by atoms with Crippen LogP contribution in [0.15, 0.2) is 48.9 Å². The number of amides is 1. The van der Waals surface area contributed by atoms with Gasteiger partial charge in [0.15, 0.2) is 0 Å². The van der Waals surface area contributed by atoms with E-state index in [-0.39, 0.29) is 17.1 Å². The lowest BCUT2D eigenvalue weighted by Crippen LogP contribution is -2.44. The van der Waals surface area contributed by atoms with Crippen LogP contribution in [-0.4, -0.2) is 37.2 Å². The SMILES string of the molecule is CC(C)C[C@@H](Nc1ncc(C(N)=O)c(Nc2cccc(-n3cccn3)c2)n1)C1(N)CC1. The third-order valence-corrected chi connectivity index (χ3v) is 5.46. The molecule has 3 aromatic rings. The number of nitrogens with one attached hydrogen (secondary N) is 2. The Bertz CT molecular complexity index is 1060. The Kier molecular flexibility index (Phi) is 5.60. The van der Waals surface area contributed by atoms with Crippen LogP contribution in [0, 0.1) is 5.92 Å². The molecule has 0 aliphatic heterocycles. The molecule has 9 nitrogen and oxygen atoms in total. The number of nitrogens with two attached hydrogens (primary N) is 2. The largest absolute Gasteiger partial charge is 0.365 e. The third-order valence-electron chi connectivity index (χ3n) is 5.46. The number of hydrogen-bond acceptors (Lipinski definition) is 7. The van der Waals surface area contributed by atoms with Gasteiger partial charge in [-0.25, -0.2) is 9.67 Å². The second-order valence-corrected chi connectivity index (χ2v) is 8.51. The number of rotatable bonds is 9. The summed E-state index contributed by atoms with van der Waals surface area (Å²) < 4.78 is 1.75. The maximum absolute atomic E-state index is 12.0. The van der Waals surface area contributed by atoms with Crippen molar-refractivity contribution in [3.63, 3.8) is 0 Å². The maximum Gasteiger partial charge on any atom is 0.254 e. The van der Waals surface area contributed by atoms with E-state index in [0.717, 1.165) is 30.6 Å². The summed E-state index contributed by atoms with van der Waals surface area (Å²) in [6, 6.07) is 9.54. The monoisotopic (exact) mass is 420 g/mol. The predicted octanol–water partition coefficient (Wildman–Crippen LogP) is 2.82. The van der Waals surface area contributed by atoms with E-state index < -0.39 is 5.91 Å². The summed E-state index contributed by atoms with van der Waals surface area (Å²) in [7, 11) is 0. The van der Waals surface area contributed by atoms with Gasteiger partial charge in [-0.1, -0.05) is 19.9 Å². The summed E-state index contributed by atoms with van der Waals surface area (Å²) in [6.07, 6.45) is 7.87. The minimum Gasteiger partial charge on any atom is -0.365 e. The van der Waals surface area contributed by atoms with Crippen molar-refractivity contribution in [2.24, 2.45) is 17.4 Å². The molecule has 1 atom stereocenters. The zero-order valence-corrected chi connectivity index (χ0v) is 17.7. The minimum atomic E-state index is -0.603. The van der Waals surface area contributed by atoms with Gasteiger partial charge in [-0.05, 0) is 49.4 Å². The van der Waals surface area contributed by atoms with E-state index in [4.69, 9.17) is 11.5 Å². The van der Waals surface area contributed by atoms with Gasteiger partial charge in [-0.2, -0.15) is 10.1 Å². The standard InChI is InChI=1S/C22H28N8O/c1-14(2)11-18(22(24)7-8-22)28-21-25-13-17(19(23)31)20(29-21)27-15-5-3-6-16(12-15)30-10-4-9-26-30/h3-6,9-10,12-14,18H,7-8,11,24H2,1-2H3,(H2,23,31)(H2,25,27,28,29)/t18-/m1/s1. The van der Waals surface area contributed by atoms with E-state index >= 15 is 0 Å². The fourth-order valence-corrected chi connectivity index (χ4v) is 3.57. The lowest BCUT2D eigenvalue weighted by Gasteiger charge is -2.26. The van der Waals surface area contributed by atoms with Crippen LogP contribution < -0.4 is 22.1 Å². The van der Waals surface area contributed by atoms with Crippen LogP contribution in [0.3, 0.4) is 0 Å². The molecule has 0 spiro atoms. The molecule has 31 heavy (non-hydrogen) atoms. The van der Waals surface area contributed by atoms with Crippen LogP contribution in [0.5, 0.6) is 0 Å². The zero-order chi connectivity index (χ0) is 22.0. The second-order valence-electron chi connectivity index (χ2n) is 8.51. The minimum absolute atomic E-state index is 0.0583. The highest BCUT2D eigenvalue weighted by Gasteiger charge is 2.46. The molecular weight excluding hydrogens is 392 g/mol. The molecule has 2 aromatic heterocycles. The fourth-order valence-electron chi connectivity index (χ4n) is 3.57. The summed E-state index contributed by atoms with van der Waals surface area (Å²) >= 11 is 0. The van der Waals surface area contributed by atoms with E-state index in [9.17, 15) is 4.79 Å². The molecule has 2 heterocycles. The Balaban J connectivity index is 1.61. The van der Waals surface area contributed by atoms with Crippen LogP contribution >= 0.6 is 0 Å². The highest BCUT2D eigenvalue weighted by atomic mass is 16.1. The number of carbonyl (C=O) groups excluding carboxylic acids is 1. The van der Waals surface area contributed by atoms with Gasteiger partial charge in [0.05, 0.1) is 5.69 Å². The van der Waals surface area contributed by atoms with Gasteiger partial charge in [0.2, 0.25) is 5.95 Å². The van der Waals surface area contributed by atoms with Gasteiger partial charge < -0.3 is 22.1 Å². The first kappa shape index (κ1) is 20.8. The van der Waals surface area contributed by atoms with Crippen molar-refractivity contribution in [3.05, 3.63) is 54.5 Å². The Labute approximate surface area is 181 Å². The average Bonchev–Trinajstić information content (AvgIpc) is 3.24. The number of nitrogens with zero attached hydrogens (tertiary/aromatic N) is 4. The van der Waals surface area contributed by atoms with Crippen molar-refractivity contribution >= 4 is 23.4 Å². The summed E-state index contributed by atoms with van der Waals surface area (Å²) in [5.41, 5.74) is 13.6. The van der Waals surface area contributed by atoms with Crippen molar-refractivity contribution in [2.75, 3.05) is 10.6 Å². The number of primary amides is 1. The number of aromatic nitrogens is 4. The fraction of sp³-hybridized carbons (Fsp3) is 0.364. The lowest BCUT2D eigenvalue weighted by molar-refractivity contribution is 0.100.